The summed E-state index contributed by atoms with van der Waals surface area (Å²) >= 11 is 0. The molecule has 0 N–H and O–H groups in total. The van der Waals surface area contributed by atoms with Crippen molar-refractivity contribution in [2.75, 3.05) is 0 Å². The first kappa shape index (κ1) is 16.1. The molecule has 0 aliphatic carbocycles. The van der Waals surface area contributed by atoms with Crippen LogP contribution in [0.3, 0.4) is 0 Å². The molecule has 3 heteroatoms. The number of para-hydroxylation sites is 2. The predicted octanol–water partition coefficient (Wildman–Crippen LogP) is 6.90. The number of hydrogen-bond donors (Lipinski definition) is 0. The second-order valence-corrected chi connectivity index (χ2v) is 7.44. The molecule has 0 atom stereocenters. The summed E-state index contributed by atoms with van der Waals surface area (Å²) in [5.41, 5.74) is 6.22. The van der Waals surface area contributed by atoms with Crippen LogP contribution < -0.4 is 0 Å². The summed E-state index contributed by atoms with van der Waals surface area (Å²) in [6.45, 7) is 2.08. The minimum absolute atomic E-state index is 0.886. The van der Waals surface area contributed by atoms with E-state index < -0.39 is 0 Å². The minimum atomic E-state index is 0.886. The van der Waals surface area contributed by atoms with E-state index in [9.17, 15) is 0 Å². The van der Waals surface area contributed by atoms with Crippen molar-refractivity contribution in [3.05, 3.63) is 96.8 Å². The number of aromatic nitrogens is 2. The largest absolute Gasteiger partial charge is 0.464 e. The highest BCUT2D eigenvalue weighted by atomic mass is 16.3. The summed E-state index contributed by atoms with van der Waals surface area (Å²) in [6, 6.07) is 29.5. The Balaban J connectivity index is 1.68. The second-order valence-electron chi connectivity index (χ2n) is 7.44. The summed E-state index contributed by atoms with van der Waals surface area (Å²) < 4.78 is 8.12. The standard InChI is InChI=1S/C26H18N2O/c1-17-10-13-21-22(16-29-25(21)14-17)26-27-23-8-4-5-9-24(23)28(26)20-12-11-18-6-2-3-7-19(18)15-20/h2-16H,1H3. The zero-order valence-corrected chi connectivity index (χ0v) is 16.0. The van der Waals surface area contributed by atoms with Gasteiger partial charge < -0.3 is 4.42 Å². The Bertz CT molecular complexity index is 1520. The van der Waals surface area contributed by atoms with Crippen molar-refractivity contribution < 1.29 is 4.42 Å². The highest BCUT2D eigenvalue weighted by Crippen LogP contribution is 2.35. The fourth-order valence-electron chi connectivity index (χ4n) is 4.09. The molecule has 0 saturated carbocycles. The molecule has 0 saturated heterocycles. The van der Waals surface area contributed by atoms with Gasteiger partial charge in [0.2, 0.25) is 0 Å². The van der Waals surface area contributed by atoms with E-state index in [2.05, 4.69) is 90.4 Å². The molecule has 0 spiro atoms. The van der Waals surface area contributed by atoms with Crippen LogP contribution in [0.25, 0.3) is 49.9 Å². The molecule has 0 aliphatic rings. The molecule has 29 heavy (non-hydrogen) atoms. The van der Waals surface area contributed by atoms with Gasteiger partial charge in [-0.2, -0.15) is 0 Å². The van der Waals surface area contributed by atoms with Crippen LogP contribution in [0, 0.1) is 6.92 Å². The number of rotatable bonds is 2. The SMILES string of the molecule is Cc1ccc2c(-c3nc4ccccc4n3-c3ccc4ccccc4c3)coc2c1. The normalized spacial score (nSPS) is 11.6. The number of imidazole rings is 1. The van der Waals surface area contributed by atoms with E-state index in [0.29, 0.717) is 0 Å². The Morgan fingerprint density at radius 2 is 1.62 bits per heavy atom. The molecular weight excluding hydrogens is 356 g/mol. The van der Waals surface area contributed by atoms with Crippen LogP contribution in [0.4, 0.5) is 0 Å². The average Bonchev–Trinajstić information content (AvgIpc) is 3.34. The molecule has 4 aromatic carbocycles. The average molecular weight is 374 g/mol. The summed E-state index contributed by atoms with van der Waals surface area (Å²) in [7, 11) is 0. The van der Waals surface area contributed by atoms with E-state index in [4.69, 9.17) is 9.40 Å². The van der Waals surface area contributed by atoms with Gasteiger partial charge in [-0.1, -0.05) is 54.6 Å². The summed E-state index contributed by atoms with van der Waals surface area (Å²) in [4.78, 5) is 4.99. The first-order valence-corrected chi connectivity index (χ1v) is 9.73. The van der Waals surface area contributed by atoms with Crippen molar-refractivity contribution in [3.8, 4) is 17.1 Å². The molecule has 0 radical (unpaired) electrons. The molecule has 6 rings (SSSR count). The van der Waals surface area contributed by atoms with Gasteiger partial charge in [0.1, 0.15) is 17.7 Å². The van der Waals surface area contributed by atoms with Gasteiger partial charge in [0.15, 0.2) is 0 Å². The Hall–Kier alpha value is -3.85. The summed E-state index contributed by atoms with van der Waals surface area (Å²) in [5.74, 6) is 0.893. The van der Waals surface area contributed by atoms with Gasteiger partial charge in [-0.3, -0.25) is 4.57 Å². The van der Waals surface area contributed by atoms with Crippen LogP contribution in [-0.2, 0) is 0 Å². The lowest BCUT2D eigenvalue weighted by Gasteiger charge is -2.10. The van der Waals surface area contributed by atoms with Gasteiger partial charge in [-0.05, 0) is 53.6 Å². The van der Waals surface area contributed by atoms with E-state index in [1.54, 1.807) is 0 Å². The van der Waals surface area contributed by atoms with E-state index >= 15 is 0 Å². The van der Waals surface area contributed by atoms with Crippen molar-refractivity contribution in [3.63, 3.8) is 0 Å². The lowest BCUT2D eigenvalue weighted by atomic mass is 10.1. The summed E-state index contributed by atoms with van der Waals surface area (Å²) in [6.07, 6.45) is 1.82. The third-order valence-corrected chi connectivity index (χ3v) is 5.52. The van der Waals surface area contributed by atoms with Crippen LogP contribution in [-0.4, -0.2) is 9.55 Å². The third-order valence-electron chi connectivity index (χ3n) is 5.52. The van der Waals surface area contributed by atoms with Crippen LogP contribution in [0.1, 0.15) is 5.56 Å². The summed E-state index contributed by atoms with van der Waals surface area (Å²) in [5, 5.41) is 3.51. The number of nitrogens with zero attached hydrogens (tertiary/aromatic N) is 2. The molecule has 0 amide bonds. The first-order chi connectivity index (χ1) is 14.3. The fraction of sp³-hybridized carbons (Fsp3) is 0.0385. The predicted molar refractivity (Wildman–Crippen MR) is 119 cm³/mol. The fourth-order valence-corrected chi connectivity index (χ4v) is 4.09. The van der Waals surface area contributed by atoms with Crippen molar-refractivity contribution in [2.45, 2.75) is 6.92 Å². The van der Waals surface area contributed by atoms with Gasteiger partial charge in [0.05, 0.1) is 16.6 Å². The smallest absolute Gasteiger partial charge is 0.149 e. The van der Waals surface area contributed by atoms with Crippen molar-refractivity contribution in [1.82, 2.24) is 9.55 Å². The zero-order chi connectivity index (χ0) is 19.4. The Morgan fingerprint density at radius 1 is 0.793 bits per heavy atom. The van der Waals surface area contributed by atoms with Crippen LogP contribution >= 0.6 is 0 Å². The quantitative estimate of drug-likeness (QED) is 0.330. The maximum atomic E-state index is 5.89. The molecule has 0 unspecified atom stereocenters. The Kier molecular flexibility index (Phi) is 3.38. The maximum absolute atomic E-state index is 5.89. The Morgan fingerprint density at radius 3 is 2.55 bits per heavy atom. The van der Waals surface area contributed by atoms with Crippen molar-refractivity contribution >= 4 is 32.8 Å². The lowest BCUT2D eigenvalue weighted by molar-refractivity contribution is 0.616. The lowest BCUT2D eigenvalue weighted by Crippen LogP contribution is -1.97. The van der Waals surface area contributed by atoms with E-state index in [1.807, 2.05) is 12.3 Å². The third kappa shape index (κ3) is 2.48. The first-order valence-electron chi connectivity index (χ1n) is 9.73. The van der Waals surface area contributed by atoms with E-state index in [-0.39, 0.29) is 0 Å². The molecule has 0 bridgehead atoms. The molecule has 0 aliphatic heterocycles. The zero-order valence-electron chi connectivity index (χ0n) is 16.0. The highest BCUT2D eigenvalue weighted by molar-refractivity contribution is 5.96. The van der Waals surface area contributed by atoms with Crippen molar-refractivity contribution in [1.29, 1.82) is 0 Å². The number of hydrogen-bond acceptors (Lipinski definition) is 2. The van der Waals surface area contributed by atoms with Crippen LogP contribution in [0.5, 0.6) is 0 Å². The maximum Gasteiger partial charge on any atom is 0.149 e. The number of aryl methyl sites for hydroxylation is 1. The molecule has 138 valence electrons. The number of furan rings is 1. The molecule has 0 fully saturated rings. The van der Waals surface area contributed by atoms with Crippen LogP contribution in [0.2, 0.25) is 0 Å². The number of fused-ring (bicyclic) bond motifs is 3. The number of benzene rings is 4. The molecule has 2 aromatic heterocycles. The van der Waals surface area contributed by atoms with Crippen LogP contribution in [0.15, 0.2) is 95.6 Å². The van der Waals surface area contributed by atoms with E-state index in [1.165, 1.54) is 16.3 Å². The second kappa shape index (κ2) is 6.08. The van der Waals surface area contributed by atoms with Gasteiger partial charge in [-0.15, -0.1) is 0 Å². The van der Waals surface area contributed by atoms with Gasteiger partial charge in [-0.25, -0.2) is 4.98 Å². The molecule has 2 heterocycles. The topological polar surface area (TPSA) is 31.0 Å². The molecular formula is C26H18N2O. The van der Waals surface area contributed by atoms with Gasteiger partial charge in [0.25, 0.3) is 0 Å². The van der Waals surface area contributed by atoms with Gasteiger partial charge in [0, 0.05) is 11.1 Å². The van der Waals surface area contributed by atoms with E-state index in [0.717, 1.165) is 39.1 Å². The molecule has 6 aromatic rings. The highest BCUT2D eigenvalue weighted by Gasteiger charge is 2.18. The van der Waals surface area contributed by atoms with Crippen molar-refractivity contribution in [2.24, 2.45) is 0 Å². The monoisotopic (exact) mass is 374 g/mol. The Labute approximate surface area is 167 Å². The van der Waals surface area contributed by atoms with Gasteiger partial charge >= 0.3 is 0 Å². The minimum Gasteiger partial charge on any atom is -0.464 e. The molecule has 3 nitrogen and oxygen atoms in total.